The number of hydrogen-bond acceptors (Lipinski definition) is 0. The second-order valence-electron chi connectivity index (χ2n) is 2.72. The Morgan fingerprint density at radius 1 is 1.31 bits per heavy atom. The van der Waals surface area contributed by atoms with Gasteiger partial charge in [0.2, 0.25) is 0 Å². The van der Waals surface area contributed by atoms with Gasteiger partial charge < -0.3 is 0 Å². The molecule has 0 amide bonds. The highest BCUT2D eigenvalue weighted by Crippen LogP contribution is 2.30. The summed E-state index contributed by atoms with van der Waals surface area (Å²) in [5, 5.41) is 0. The molecule has 0 saturated carbocycles. The lowest BCUT2D eigenvalue weighted by Crippen LogP contribution is -2.20. The highest BCUT2D eigenvalue weighted by atomic mass is 19.4. The maximum Gasteiger partial charge on any atom is 0.395 e. The second kappa shape index (κ2) is 4.90. The first kappa shape index (κ1) is 12.0. The molecule has 0 radical (unpaired) electrons. The van der Waals surface area contributed by atoms with E-state index in [2.05, 4.69) is 6.58 Å². The Morgan fingerprint density at radius 2 is 1.85 bits per heavy atom. The smallest absolute Gasteiger partial charge is 0.170 e. The van der Waals surface area contributed by atoms with E-state index in [1.807, 2.05) is 0 Å². The molecule has 0 nitrogen and oxygen atoms in total. The molecule has 0 heterocycles. The van der Waals surface area contributed by atoms with E-state index in [0.717, 1.165) is 6.92 Å². The van der Waals surface area contributed by atoms with Crippen LogP contribution in [0.2, 0.25) is 0 Å². The van der Waals surface area contributed by atoms with Crippen LogP contribution in [0.3, 0.4) is 0 Å². The van der Waals surface area contributed by atoms with Crippen molar-refractivity contribution in [3.8, 4) is 0 Å². The standard InChI is InChI=1S/C10H13F3/c1-4-5-6-7-8(2)9(3)10(11,12)13/h4-7,9H,2H2,1,3H3/b5-4-,7-6-. The molecule has 13 heavy (non-hydrogen) atoms. The molecule has 0 spiro atoms. The summed E-state index contributed by atoms with van der Waals surface area (Å²) >= 11 is 0. The number of hydrogen-bond donors (Lipinski definition) is 0. The molecular formula is C10H13F3. The molecule has 0 saturated heterocycles. The van der Waals surface area contributed by atoms with E-state index in [1.54, 1.807) is 25.2 Å². The normalized spacial score (nSPS) is 15.5. The molecule has 0 aromatic rings. The van der Waals surface area contributed by atoms with E-state index in [4.69, 9.17) is 0 Å². The zero-order chi connectivity index (χ0) is 10.5. The fourth-order valence-corrected chi connectivity index (χ4v) is 0.645. The summed E-state index contributed by atoms with van der Waals surface area (Å²) in [5.41, 5.74) is 0.0746. The van der Waals surface area contributed by atoms with Gasteiger partial charge in [-0.3, -0.25) is 0 Å². The van der Waals surface area contributed by atoms with E-state index in [9.17, 15) is 13.2 Å². The maximum absolute atomic E-state index is 12.1. The average Bonchev–Trinajstić information content (AvgIpc) is 2.01. The van der Waals surface area contributed by atoms with E-state index < -0.39 is 12.1 Å². The lowest BCUT2D eigenvalue weighted by Gasteiger charge is -2.15. The van der Waals surface area contributed by atoms with E-state index in [-0.39, 0.29) is 5.57 Å². The minimum Gasteiger partial charge on any atom is -0.170 e. The molecule has 0 N–H and O–H groups in total. The van der Waals surface area contributed by atoms with Gasteiger partial charge in [-0.15, -0.1) is 0 Å². The highest BCUT2D eigenvalue weighted by molar-refractivity contribution is 5.22. The van der Waals surface area contributed by atoms with Crippen LogP contribution in [0.1, 0.15) is 13.8 Å². The molecule has 0 aromatic carbocycles. The summed E-state index contributed by atoms with van der Waals surface area (Å²) in [6, 6.07) is 0. The first-order valence-corrected chi connectivity index (χ1v) is 3.94. The summed E-state index contributed by atoms with van der Waals surface area (Å²) in [6.07, 6.45) is 2.12. The SMILES string of the molecule is C=C(/C=C\C=C/C)C(C)C(F)(F)F. The molecule has 3 heteroatoms. The van der Waals surface area contributed by atoms with Crippen LogP contribution < -0.4 is 0 Å². The first-order chi connectivity index (χ1) is 5.89. The van der Waals surface area contributed by atoms with Crippen molar-refractivity contribution in [3.05, 3.63) is 36.5 Å². The predicted molar refractivity (Wildman–Crippen MR) is 48.3 cm³/mol. The third-order valence-electron chi connectivity index (χ3n) is 1.66. The minimum atomic E-state index is -4.20. The largest absolute Gasteiger partial charge is 0.395 e. The van der Waals surface area contributed by atoms with Crippen LogP contribution in [0, 0.1) is 5.92 Å². The van der Waals surface area contributed by atoms with Crippen molar-refractivity contribution in [1.29, 1.82) is 0 Å². The Kier molecular flexibility index (Phi) is 4.52. The zero-order valence-electron chi connectivity index (χ0n) is 7.73. The molecule has 1 atom stereocenters. The van der Waals surface area contributed by atoms with Crippen molar-refractivity contribution in [2.45, 2.75) is 20.0 Å². The van der Waals surface area contributed by atoms with Crippen molar-refractivity contribution in [3.63, 3.8) is 0 Å². The Labute approximate surface area is 76.5 Å². The van der Waals surface area contributed by atoms with Crippen LogP contribution in [-0.2, 0) is 0 Å². The molecule has 0 bridgehead atoms. The molecular weight excluding hydrogens is 177 g/mol. The topological polar surface area (TPSA) is 0 Å². The van der Waals surface area contributed by atoms with Crippen LogP contribution in [0.15, 0.2) is 36.5 Å². The van der Waals surface area contributed by atoms with Crippen molar-refractivity contribution in [1.82, 2.24) is 0 Å². The quantitative estimate of drug-likeness (QED) is 0.592. The van der Waals surface area contributed by atoms with Gasteiger partial charge in [0.15, 0.2) is 0 Å². The van der Waals surface area contributed by atoms with Crippen LogP contribution in [0.25, 0.3) is 0 Å². The molecule has 0 aliphatic carbocycles. The summed E-state index contributed by atoms with van der Waals surface area (Å²) in [4.78, 5) is 0. The Bertz CT molecular complexity index is 221. The Balaban J connectivity index is 4.28. The van der Waals surface area contributed by atoms with Gasteiger partial charge in [0.25, 0.3) is 0 Å². The Hall–Kier alpha value is -0.990. The second-order valence-corrected chi connectivity index (χ2v) is 2.72. The van der Waals surface area contributed by atoms with Gasteiger partial charge in [0.05, 0.1) is 5.92 Å². The predicted octanol–water partition coefficient (Wildman–Crippen LogP) is 3.87. The van der Waals surface area contributed by atoms with Gasteiger partial charge in [-0.05, 0) is 19.4 Å². The number of alkyl halides is 3. The molecule has 0 rings (SSSR count). The lowest BCUT2D eigenvalue weighted by molar-refractivity contribution is -0.158. The van der Waals surface area contributed by atoms with E-state index in [1.165, 1.54) is 6.08 Å². The summed E-state index contributed by atoms with van der Waals surface area (Å²) in [6.45, 7) is 6.24. The summed E-state index contributed by atoms with van der Waals surface area (Å²) in [5.74, 6) is -1.48. The molecule has 1 unspecified atom stereocenters. The summed E-state index contributed by atoms with van der Waals surface area (Å²) < 4.78 is 36.3. The van der Waals surface area contributed by atoms with Crippen LogP contribution >= 0.6 is 0 Å². The van der Waals surface area contributed by atoms with Gasteiger partial charge in [0.1, 0.15) is 0 Å². The van der Waals surface area contributed by atoms with Gasteiger partial charge in [-0.25, -0.2) is 0 Å². The summed E-state index contributed by atoms with van der Waals surface area (Å²) in [7, 11) is 0. The molecule has 74 valence electrons. The van der Waals surface area contributed by atoms with Gasteiger partial charge in [0, 0.05) is 0 Å². The highest BCUT2D eigenvalue weighted by Gasteiger charge is 2.36. The monoisotopic (exact) mass is 190 g/mol. The zero-order valence-corrected chi connectivity index (χ0v) is 7.73. The van der Waals surface area contributed by atoms with Crippen LogP contribution in [0.4, 0.5) is 13.2 Å². The maximum atomic E-state index is 12.1. The fourth-order valence-electron chi connectivity index (χ4n) is 0.645. The first-order valence-electron chi connectivity index (χ1n) is 3.94. The van der Waals surface area contributed by atoms with Crippen molar-refractivity contribution in [2.75, 3.05) is 0 Å². The van der Waals surface area contributed by atoms with Gasteiger partial charge >= 0.3 is 6.18 Å². The fraction of sp³-hybridized carbons (Fsp3) is 0.400. The van der Waals surface area contributed by atoms with Crippen LogP contribution in [0.5, 0.6) is 0 Å². The molecule has 0 aromatic heterocycles. The van der Waals surface area contributed by atoms with Crippen molar-refractivity contribution >= 4 is 0 Å². The van der Waals surface area contributed by atoms with Crippen LogP contribution in [-0.4, -0.2) is 6.18 Å². The Morgan fingerprint density at radius 3 is 2.23 bits per heavy atom. The number of allylic oxidation sites excluding steroid dienone is 5. The number of rotatable bonds is 3. The van der Waals surface area contributed by atoms with E-state index in [0.29, 0.717) is 0 Å². The molecule has 0 fully saturated rings. The van der Waals surface area contributed by atoms with Crippen molar-refractivity contribution in [2.24, 2.45) is 5.92 Å². The minimum absolute atomic E-state index is 0.0746. The third kappa shape index (κ3) is 4.55. The van der Waals surface area contributed by atoms with Crippen molar-refractivity contribution < 1.29 is 13.2 Å². The molecule has 0 aliphatic heterocycles. The van der Waals surface area contributed by atoms with Gasteiger partial charge in [-0.2, -0.15) is 13.2 Å². The third-order valence-corrected chi connectivity index (χ3v) is 1.66. The molecule has 0 aliphatic rings. The number of halogens is 3. The van der Waals surface area contributed by atoms with E-state index >= 15 is 0 Å². The average molecular weight is 190 g/mol. The lowest BCUT2D eigenvalue weighted by atomic mass is 10.0. The van der Waals surface area contributed by atoms with Gasteiger partial charge in [-0.1, -0.05) is 30.9 Å².